The van der Waals surface area contributed by atoms with Crippen molar-refractivity contribution in [1.29, 1.82) is 0 Å². The first kappa shape index (κ1) is 14.3. The lowest BCUT2D eigenvalue weighted by Gasteiger charge is -2.20. The van der Waals surface area contributed by atoms with Crippen LogP contribution in [0.4, 0.5) is 4.39 Å². The molecule has 2 nitrogen and oxygen atoms in total. The molecule has 1 atom stereocenters. The minimum absolute atomic E-state index is 0.0794. The summed E-state index contributed by atoms with van der Waals surface area (Å²) in [6.45, 7) is 0. The molecule has 0 amide bonds. The SMILES string of the molecule is CNC(CCC1CCCC1)c1cccc(OC)c1F. The van der Waals surface area contributed by atoms with Gasteiger partial charge in [-0.05, 0) is 31.9 Å². The van der Waals surface area contributed by atoms with Crippen LogP contribution in [-0.4, -0.2) is 14.2 Å². The number of benzene rings is 1. The third kappa shape index (κ3) is 3.47. The Hall–Kier alpha value is -1.09. The molecule has 3 heteroatoms. The lowest BCUT2D eigenvalue weighted by molar-refractivity contribution is 0.374. The standard InChI is InChI=1S/C16H24FNO/c1-18-14(11-10-12-6-3-4-7-12)13-8-5-9-15(19-2)16(13)17/h5,8-9,12,14,18H,3-4,6-7,10-11H2,1-2H3. The summed E-state index contributed by atoms with van der Waals surface area (Å²) in [4.78, 5) is 0. The Balaban J connectivity index is 2.03. The zero-order valence-corrected chi connectivity index (χ0v) is 11.9. The van der Waals surface area contributed by atoms with Crippen LogP contribution >= 0.6 is 0 Å². The molecule has 0 radical (unpaired) electrons. The second-order valence-corrected chi connectivity index (χ2v) is 5.43. The van der Waals surface area contributed by atoms with E-state index in [1.54, 1.807) is 6.07 Å². The molecule has 1 aromatic rings. The van der Waals surface area contributed by atoms with Gasteiger partial charge >= 0.3 is 0 Å². The zero-order chi connectivity index (χ0) is 13.7. The number of halogens is 1. The van der Waals surface area contributed by atoms with E-state index in [1.165, 1.54) is 39.2 Å². The Bertz CT molecular complexity index is 402. The van der Waals surface area contributed by atoms with E-state index >= 15 is 0 Å². The first-order chi connectivity index (χ1) is 9.26. The topological polar surface area (TPSA) is 21.3 Å². The summed E-state index contributed by atoms with van der Waals surface area (Å²) in [6, 6.07) is 5.46. The molecular formula is C16H24FNO. The molecule has 0 heterocycles. The zero-order valence-electron chi connectivity index (χ0n) is 11.9. The molecule has 1 saturated carbocycles. The van der Waals surface area contributed by atoms with Crippen LogP contribution < -0.4 is 10.1 Å². The average molecular weight is 265 g/mol. The van der Waals surface area contributed by atoms with Gasteiger partial charge in [-0.3, -0.25) is 0 Å². The molecule has 1 aliphatic carbocycles. The first-order valence-electron chi connectivity index (χ1n) is 7.26. The molecular weight excluding hydrogens is 241 g/mol. The minimum atomic E-state index is -0.226. The van der Waals surface area contributed by atoms with Crippen LogP contribution in [0.3, 0.4) is 0 Å². The summed E-state index contributed by atoms with van der Waals surface area (Å²) < 4.78 is 19.3. The summed E-state index contributed by atoms with van der Waals surface area (Å²) in [5.41, 5.74) is 0.722. The number of methoxy groups -OCH3 is 1. The number of hydrogen-bond donors (Lipinski definition) is 1. The Morgan fingerprint density at radius 1 is 1.37 bits per heavy atom. The van der Waals surface area contributed by atoms with Crippen LogP contribution in [0.2, 0.25) is 0 Å². The van der Waals surface area contributed by atoms with Gasteiger partial charge in [-0.2, -0.15) is 0 Å². The van der Waals surface area contributed by atoms with Gasteiger partial charge in [-0.1, -0.05) is 37.8 Å². The van der Waals surface area contributed by atoms with E-state index in [2.05, 4.69) is 5.32 Å². The second-order valence-electron chi connectivity index (χ2n) is 5.43. The van der Waals surface area contributed by atoms with E-state index in [9.17, 15) is 4.39 Å². The van der Waals surface area contributed by atoms with Crippen molar-refractivity contribution < 1.29 is 9.13 Å². The lowest BCUT2D eigenvalue weighted by Crippen LogP contribution is -2.18. The highest BCUT2D eigenvalue weighted by Crippen LogP contribution is 2.33. The highest BCUT2D eigenvalue weighted by Gasteiger charge is 2.20. The van der Waals surface area contributed by atoms with E-state index < -0.39 is 0 Å². The van der Waals surface area contributed by atoms with Gasteiger partial charge in [0.15, 0.2) is 11.6 Å². The molecule has 1 fully saturated rings. The van der Waals surface area contributed by atoms with Gasteiger partial charge in [-0.15, -0.1) is 0 Å². The predicted molar refractivity (Wildman–Crippen MR) is 75.9 cm³/mol. The maximum Gasteiger partial charge on any atom is 0.169 e. The Morgan fingerprint density at radius 2 is 2.11 bits per heavy atom. The van der Waals surface area contributed by atoms with Crippen molar-refractivity contribution in [2.75, 3.05) is 14.2 Å². The molecule has 2 rings (SSSR count). The van der Waals surface area contributed by atoms with Crippen molar-refractivity contribution >= 4 is 0 Å². The van der Waals surface area contributed by atoms with Crippen LogP contribution in [0.5, 0.6) is 5.75 Å². The van der Waals surface area contributed by atoms with Crippen molar-refractivity contribution in [3.63, 3.8) is 0 Å². The molecule has 0 bridgehead atoms. The Kier molecular flexibility index (Phi) is 5.20. The molecule has 106 valence electrons. The molecule has 0 spiro atoms. The quantitative estimate of drug-likeness (QED) is 0.837. The van der Waals surface area contributed by atoms with Crippen molar-refractivity contribution in [1.82, 2.24) is 5.32 Å². The summed E-state index contributed by atoms with van der Waals surface area (Å²) in [6.07, 6.45) is 7.59. The van der Waals surface area contributed by atoms with Crippen LogP contribution in [0.25, 0.3) is 0 Å². The van der Waals surface area contributed by atoms with Gasteiger partial charge < -0.3 is 10.1 Å². The van der Waals surface area contributed by atoms with E-state index in [0.717, 1.165) is 17.9 Å². The Labute approximate surface area is 115 Å². The van der Waals surface area contributed by atoms with Gasteiger partial charge in [0.05, 0.1) is 7.11 Å². The van der Waals surface area contributed by atoms with E-state index in [-0.39, 0.29) is 11.9 Å². The fraction of sp³-hybridized carbons (Fsp3) is 0.625. The normalized spacial score (nSPS) is 17.6. The van der Waals surface area contributed by atoms with Crippen LogP contribution in [0.1, 0.15) is 50.1 Å². The predicted octanol–water partition coefficient (Wildman–Crippen LogP) is 4.07. The van der Waals surface area contributed by atoms with Crippen molar-refractivity contribution in [2.24, 2.45) is 5.92 Å². The number of nitrogens with one attached hydrogen (secondary N) is 1. The molecule has 1 aliphatic rings. The smallest absolute Gasteiger partial charge is 0.169 e. The molecule has 0 aliphatic heterocycles. The number of rotatable bonds is 6. The third-order valence-electron chi connectivity index (χ3n) is 4.28. The lowest BCUT2D eigenvalue weighted by atomic mass is 9.94. The fourth-order valence-corrected chi connectivity index (χ4v) is 3.11. The monoisotopic (exact) mass is 265 g/mol. The largest absolute Gasteiger partial charge is 0.494 e. The summed E-state index contributed by atoms with van der Waals surface area (Å²) >= 11 is 0. The van der Waals surface area contributed by atoms with Crippen molar-refractivity contribution in [2.45, 2.75) is 44.6 Å². The highest BCUT2D eigenvalue weighted by molar-refractivity contribution is 5.33. The van der Waals surface area contributed by atoms with Gasteiger partial charge in [0.25, 0.3) is 0 Å². The summed E-state index contributed by atoms with van der Waals surface area (Å²) in [5.74, 6) is 0.943. The fourth-order valence-electron chi connectivity index (χ4n) is 3.11. The molecule has 0 saturated heterocycles. The second kappa shape index (κ2) is 6.90. The molecule has 1 aromatic carbocycles. The minimum Gasteiger partial charge on any atom is -0.494 e. The van der Waals surface area contributed by atoms with Crippen LogP contribution in [0.15, 0.2) is 18.2 Å². The number of hydrogen-bond acceptors (Lipinski definition) is 2. The molecule has 1 unspecified atom stereocenters. The molecule has 1 N–H and O–H groups in total. The van der Waals surface area contributed by atoms with E-state index in [0.29, 0.717) is 5.75 Å². The summed E-state index contributed by atoms with van der Waals surface area (Å²) in [7, 11) is 3.41. The maximum absolute atomic E-state index is 14.2. The van der Waals surface area contributed by atoms with E-state index in [1.807, 2.05) is 19.2 Å². The third-order valence-corrected chi connectivity index (χ3v) is 4.28. The Morgan fingerprint density at radius 3 is 2.74 bits per heavy atom. The summed E-state index contributed by atoms with van der Waals surface area (Å²) in [5, 5.41) is 3.24. The highest BCUT2D eigenvalue weighted by atomic mass is 19.1. The van der Waals surface area contributed by atoms with Crippen molar-refractivity contribution in [3.05, 3.63) is 29.6 Å². The number of ether oxygens (including phenoxy) is 1. The van der Waals surface area contributed by atoms with Gasteiger partial charge in [0.2, 0.25) is 0 Å². The van der Waals surface area contributed by atoms with Gasteiger partial charge in [0.1, 0.15) is 0 Å². The van der Waals surface area contributed by atoms with E-state index in [4.69, 9.17) is 4.74 Å². The van der Waals surface area contributed by atoms with Gasteiger partial charge in [-0.25, -0.2) is 4.39 Å². The molecule has 0 aromatic heterocycles. The van der Waals surface area contributed by atoms with Gasteiger partial charge in [0, 0.05) is 11.6 Å². The molecule has 19 heavy (non-hydrogen) atoms. The first-order valence-corrected chi connectivity index (χ1v) is 7.26. The maximum atomic E-state index is 14.2. The van der Waals surface area contributed by atoms with Crippen LogP contribution in [0, 0.1) is 11.7 Å². The average Bonchev–Trinajstić information content (AvgIpc) is 2.94. The van der Waals surface area contributed by atoms with Crippen molar-refractivity contribution in [3.8, 4) is 5.75 Å². The van der Waals surface area contributed by atoms with Crippen LogP contribution in [-0.2, 0) is 0 Å².